The van der Waals surface area contributed by atoms with Gasteiger partial charge in [-0.25, -0.2) is 0 Å². The maximum atomic E-state index is 13.4. The summed E-state index contributed by atoms with van der Waals surface area (Å²) >= 11 is 0. The zero-order valence-electron chi connectivity index (χ0n) is 16.1. The van der Waals surface area contributed by atoms with Crippen LogP contribution in [0.4, 0.5) is 0 Å². The molecule has 1 aliphatic rings. The van der Waals surface area contributed by atoms with E-state index in [-0.39, 0.29) is 11.8 Å². The van der Waals surface area contributed by atoms with E-state index in [1.807, 2.05) is 35.6 Å². The van der Waals surface area contributed by atoms with Gasteiger partial charge in [-0.1, -0.05) is 13.0 Å². The molecule has 27 heavy (non-hydrogen) atoms. The maximum absolute atomic E-state index is 13.4. The van der Waals surface area contributed by atoms with E-state index >= 15 is 0 Å². The van der Waals surface area contributed by atoms with Gasteiger partial charge in [0, 0.05) is 37.1 Å². The fraction of sp³-hybridized carbons (Fsp3) is 0.429. The summed E-state index contributed by atoms with van der Waals surface area (Å²) in [5.41, 5.74) is 3.73. The van der Waals surface area contributed by atoms with Crippen molar-refractivity contribution in [3.05, 3.63) is 53.2 Å². The van der Waals surface area contributed by atoms with Crippen LogP contribution in [0.1, 0.15) is 53.1 Å². The molecular formula is C21H25N5O. The Bertz CT molecular complexity index is 993. The van der Waals surface area contributed by atoms with Crippen LogP contribution in [0, 0.1) is 6.92 Å². The highest BCUT2D eigenvalue weighted by atomic mass is 16.2. The second-order valence-corrected chi connectivity index (χ2v) is 7.41. The number of aryl methyl sites for hydroxylation is 3. The number of rotatable bonds is 3. The van der Waals surface area contributed by atoms with E-state index < -0.39 is 0 Å². The van der Waals surface area contributed by atoms with Crippen molar-refractivity contribution in [2.45, 2.75) is 39.0 Å². The molecule has 6 heteroatoms. The average molecular weight is 363 g/mol. The summed E-state index contributed by atoms with van der Waals surface area (Å²) in [6.45, 7) is 5.54. The van der Waals surface area contributed by atoms with Gasteiger partial charge in [0.05, 0.1) is 11.1 Å². The molecule has 0 N–H and O–H groups in total. The molecule has 1 amide bonds. The van der Waals surface area contributed by atoms with Crippen molar-refractivity contribution in [3.63, 3.8) is 0 Å². The van der Waals surface area contributed by atoms with Gasteiger partial charge in [0.1, 0.15) is 12.2 Å². The lowest BCUT2D eigenvalue weighted by molar-refractivity contribution is 0.0705. The average Bonchev–Trinajstić information content (AvgIpc) is 3.12. The Kier molecular flexibility index (Phi) is 4.64. The number of likely N-dealkylation sites (tertiary alicyclic amines) is 1. The van der Waals surface area contributed by atoms with Crippen LogP contribution in [0.25, 0.3) is 10.9 Å². The minimum Gasteiger partial charge on any atom is -0.338 e. The smallest absolute Gasteiger partial charge is 0.254 e. The van der Waals surface area contributed by atoms with Crippen LogP contribution in [0.5, 0.6) is 0 Å². The van der Waals surface area contributed by atoms with Gasteiger partial charge >= 0.3 is 0 Å². The summed E-state index contributed by atoms with van der Waals surface area (Å²) in [5, 5.41) is 9.21. The second kappa shape index (κ2) is 7.10. The first-order valence-electron chi connectivity index (χ1n) is 9.60. The van der Waals surface area contributed by atoms with Crippen LogP contribution < -0.4 is 0 Å². The van der Waals surface area contributed by atoms with Gasteiger partial charge in [-0.2, -0.15) is 0 Å². The van der Waals surface area contributed by atoms with Gasteiger partial charge in [-0.3, -0.25) is 9.78 Å². The third kappa shape index (κ3) is 3.31. The first-order chi connectivity index (χ1) is 13.1. The Morgan fingerprint density at radius 1 is 1.30 bits per heavy atom. The van der Waals surface area contributed by atoms with Gasteiger partial charge in [-0.05, 0) is 49.9 Å². The molecule has 140 valence electrons. The molecule has 0 spiro atoms. The highest BCUT2D eigenvalue weighted by molar-refractivity contribution is 6.06. The molecule has 1 aromatic carbocycles. The van der Waals surface area contributed by atoms with Crippen molar-refractivity contribution < 1.29 is 4.79 Å². The SMILES string of the molecule is CCc1ccc2nc(C)cc(C(=O)N3CCC[C@@H](c4nncn4C)C3)c2c1. The molecule has 4 rings (SSSR count). The molecule has 3 heterocycles. The van der Waals surface area contributed by atoms with Crippen LogP contribution >= 0.6 is 0 Å². The fourth-order valence-electron chi connectivity index (χ4n) is 4.01. The van der Waals surface area contributed by atoms with Gasteiger partial charge in [0.15, 0.2) is 0 Å². The Balaban J connectivity index is 1.68. The molecule has 6 nitrogen and oxygen atoms in total. The molecule has 1 atom stereocenters. The molecule has 0 bridgehead atoms. The number of benzene rings is 1. The molecule has 0 unspecified atom stereocenters. The van der Waals surface area contributed by atoms with E-state index in [9.17, 15) is 4.79 Å². The lowest BCUT2D eigenvalue weighted by Gasteiger charge is -2.32. The molecule has 1 fully saturated rings. The number of piperidine rings is 1. The van der Waals surface area contributed by atoms with Gasteiger partial charge in [0.25, 0.3) is 5.91 Å². The first-order valence-corrected chi connectivity index (χ1v) is 9.60. The number of carbonyl (C=O) groups is 1. The summed E-state index contributed by atoms with van der Waals surface area (Å²) in [4.78, 5) is 20.0. The third-order valence-electron chi connectivity index (χ3n) is 5.46. The number of hydrogen-bond donors (Lipinski definition) is 0. The number of carbonyl (C=O) groups excluding carboxylic acids is 1. The maximum Gasteiger partial charge on any atom is 0.254 e. The van der Waals surface area contributed by atoms with Crippen LogP contribution in [-0.2, 0) is 13.5 Å². The summed E-state index contributed by atoms with van der Waals surface area (Å²) in [6, 6.07) is 8.15. The minimum absolute atomic E-state index is 0.0885. The predicted molar refractivity (Wildman–Crippen MR) is 105 cm³/mol. The molecule has 0 radical (unpaired) electrons. The van der Waals surface area contributed by atoms with E-state index in [0.29, 0.717) is 6.54 Å². The molecule has 3 aromatic rings. The summed E-state index contributed by atoms with van der Waals surface area (Å²) in [5.74, 6) is 1.28. The summed E-state index contributed by atoms with van der Waals surface area (Å²) in [6.07, 6.45) is 4.68. The van der Waals surface area contributed by atoms with Crippen molar-refractivity contribution in [2.24, 2.45) is 7.05 Å². The monoisotopic (exact) mass is 363 g/mol. The number of amides is 1. The Morgan fingerprint density at radius 3 is 2.89 bits per heavy atom. The normalized spacial score (nSPS) is 17.4. The molecule has 0 saturated carbocycles. The van der Waals surface area contributed by atoms with E-state index in [1.165, 1.54) is 5.56 Å². The largest absolute Gasteiger partial charge is 0.338 e. The Hall–Kier alpha value is -2.76. The number of hydrogen-bond acceptors (Lipinski definition) is 4. The van der Waals surface area contributed by atoms with Gasteiger partial charge in [0.2, 0.25) is 0 Å². The fourth-order valence-corrected chi connectivity index (χ4v) is 4.01. The van der Waals surface area contributed by atoms with Crippen LogP contribution in [0.15, 0.2) is 30.6 Å². The van der Waals surface area contributed by atoms with E-state index in [4.69, 9.17) is 0 Å². The van der Waals surface area contributed by atoms with Crippen LogP contribution in [0.3, 0.4) is 0 Å². The lowest BCUT2D eigenvalue weighted by Crippen LogP contribution is -2.39. The quantitative estimate of drug-likeness (QED) is 0.716. The van der Waals surface area contributed by atoms with E-state index in [1.54, 1.807) is 6.33 Å². The Labute approximate surface area is 159 Å². The van der Waals surface area contributed by atoms with Crippen molar-refractivity contribution in [3.8, 4) is 0 Å². The number of nitrogens with zero attached hydrogens (tertiary/aromatic N) is 5. The molecule has 1 aliphatic heterocycles. The van der Waals surface area contributed by atoms with Crippen molar-refractivity contribution in [2.75, 3.05) is 13.1 Å². The Morgan fingerprint density at radius 2 is 2.15 bits per heavy atom. The second-order valence-electron chi connectivity index (χ2n) is 7.41. The molecule has 1 saturated heterocycles. The zero-order chi connectivity index (χ0) is 19.0. The number of fused-ring (bicyclic) bond motifs is 1. The predicted octanol–water partition coefficient (Wildman–Crippen LogP) is 3.25. The highest BCUT2D eigenvalue weighted by Gasteiger charge is 2.29. The van der Waals surface area contributed by atoms with Gasteiger partial charge < -0.3 is 9.47 Å². The van der Waals surface area contributed by atoms with E-state index in [0.717, 1.165) is 53.8 Å². The topological polar surface area (TPSA) is 63.9 Å². The first kappa shape index (κ1) is 17.6. The zero-order valence-corrected chi connectivity index (χ0v) is 16.1. The van der Waals surface area contributed by atoms with E-state index in [2.05, 4.69) is 34.2 Å². The molecular weight excluding hydrogens is 338 g/mol. The number of pyridine rings is 1. The summed E-state index contributed by atoms with van der Waals surface area (Å²) < 4.78 is 1.96. The third-order valence-corrected chi connectivity index (χ3v) is 5.46. The van der Waals surface area contributed by atoms with Crippen molar-refractivity contribution in [1.82, 2.24) is 24.6 Å². The van der Waals surface area contributed by atoms with Crippen LogP contribution in [0.2, 0.25) is 0 Å². The van der Waals surface area contributed by atoms with Crippen LogP contribution in [-0.4, -0.2) is 43.6 Å². The summed E-state index contributed by atoms with van der Waals surface area (Å²) in [7, 11) is 1.96. The lowest BCUT2D eigenvalue weighted by atomic mass is 9.95. The number of aromatic nitrogens is 4. The molecule has 2 aromatic heterocycles. The standard InChI is InChI=1S/C21H25N5O/c1-4-15-7-8-19-17(11-15)18(10-14(2)23-19)21(27)26-9-5-6-16(12-26)20-24-22-13-25(20)3/h7-8,10-11,13,16H,4-6,9,12H2,1-3H3/t16-/m1/s1. The van der Waals surface area contributed by atoms with Crippen molar-refractivity contribution in [1.29, 1.82) is 0 Å². The van der Waals surface area contributed by atoms with Gasteiger partial charge in [-0.15, -0.1) is 10.2 Å². The highest BCUT2D eigenvalue weighted by Crippen LogP contribution is 2.28. The molecule has 0 aliphatic carbocycles. The minimum atomic E-state index is 0.0885. The van der Waals surface area contributed by atoms with Crippen molar-refractivity contribution >= 4 is 16.8 Å².